The van der Waals surface area contributed by atoms with Gasteiger partial charge in [0.2, 0.25) is 0 Å². The highest BCUT2D eigenvalue weighted by molar-refractivity contribution is 7.99. The number of halogens is 1. The molecule has 17 heavy (non-hydrogen) atoms. The van der Waals surface area contributed by atoms with Crippen LogP contribution < -0.4 is 0 Å². The summed E-state index contributed by atoms with van der Waals surface area (Å²) in [7, 11) is 0. The third-order valence-electron chi connectivity index (χ3n) is 2.12. The predicted molar refractivity (Wildman–Crippen MR) is 64.8 cm³/mol. The molecule has 0 bridgehead atoms. The second-order valence-electron chi connectivity index (χ2n) is 3.35. The van der Waals surface area contributed by atoms with Crippen LogP contribution in [0, 0.1) is 5.82 Å². The molecule has 5 heteroatoms. The summed E-state index contributed by atoms with van der Waals surface area (Å²) in [6.45, 7) is 2.11. The summed E-state index contributed by atoms with van der Waals surface area (Å²) in [6, 6.07) is 6.44. The van der Waals surface area contributed by atoms with E-state index in [1.54, 1.807) is 25.1 Å². The zero-order valence-corrected chi connectivity index (χ0v) is 10.4. The second kappa shape index (κ2) is 7.29. The normalized spacial score (nSPS) is 12.4. The fourth-order valence-electron chi connectivity index (χ4n) is 1.32. The van der Waals surface area contributed by atoms with Crippen molar-refractivity contribution < 1.29 is 19.0 Å². The number of ether oxygens (including phenoxy) is 1. The van der Waals surface area contributed by atoms with E-state index in [0.717, 1.165) is 0 Å². The summed E-state index contributed by atoms with van der Waals surface area (Å²) in [4.78, 5) is 11.3. The molecule has 0 aliphatic rings. The first-order valence-corrected chi connectivity index (χ1v) is 6.35. The molecule has 1 N–H and O–H groups in total. The Balaban J connectivity index is 2.41. The molecule has 1 rings (SSSR count). The van der Waals surface area contributed by atoms with Crippen molar-refractivity contribution in [3.05, 3.63) is 30.1 Å². The average Bonchev–Trinajstić information content (AvgIpc) is 2.30. The van der Waals surface area contributed by atoms with Crippen LogP contribution in [0.25, 0.3) is 0 Å². The molecular formula is C12H15FO3S. The van der Waals surface area contributed by atoms with Gasteiger partial charge in [-0.2, -0.15) is 0 Å². The van der Waals surface area contributed by atoms with Crippen molar-refractivity contribution in [1.82, 2.24) is 0 Å². The van der Waals surface area contributed by atoms with Gasteiger partial charge in [0.15, 0.2) is 6.10 Å². The molecule has 0 radical (unpaired) electrons. The number of benzene rings is 1. The maximum Gasteiger partial charge on any atom is 0.332 e. The smallest absolute Gasteiger partial charge is 0.332 e. The van der Waals surface area contributed by atoms with Gasteiger partial charge < -0.3 is 9.84 Å². The second-order valence-corrected chi connectivity index (χ2v) is 4.49. The molecule has 1 aromatic carbocycles. The number of thioether (sulfide) groups is 1. The molecule has 3 nitrogen and oxygen atoms in total. The van der Waals surface area contributed by atoms with Crippen LogP contribution in [-0.2, 0) is 9.53 Å². The highest BCUT2D eigenvalue weighted by Crippen LogP contribution is 2.22. The highest BCUT2D eigenvalue weighted by atomic mass is 32.2. The van der Waals surface area contributed by atoms with Gasteiger partial charge >= 0.3 is 5.97 Å². The third-order valence-corrected chi connectivity index (χ3v) is 3.20. The van der Waals surface area contributed by atoms with Crippen LogP contribution >= 0.6 is 11.8 Å². The molecule has 1 unspecified atom stereocenters. The zero-order valence-electron chi connectivity index (χ0n) is 9.56. The van der Waals surface area contributed by atoms with Crippen molar-refractivity contribution in [2.75, 3.05) is 12.4 Å². The number of aliphatic carboxylic acids is 1. The van der Waals surface area contributed by atoms with E-state index in [2.05, 4.69) is 0 Å². The molecule has 0 amide bonds. The summed E-state index contributed by atoms with van der Waals surface area (Å²) in [6.07, 6.45) is -0.443. The molecule has 0 fully saturated rings. The Hall–Kier alpha value is -1.07. The van der Waals surface area contributed by atoms with Crippen LogP contribution in [-0.4, -0.2) is 29.5 Å². The minimum Gasteiger partial charge on any atom is -0.479 e. The molecule has 0 aliphatic carbocycles. The molecule has 0 saturated heterocycles. The topological polar surface area (TPSA) is 46.5 Å². The minimum absolute atomic E-state index is 0.277. The molecule has 94 valence electrons. The number of hydrogen-bond acceptors (Lipinski definition) is 3. The Labute approximate surface area is 104 Å². The van der Waals surface area contributed by atoms with Gasteiger partial charge in [0.25, 0.3) is 0 Å². The quantitative estimate of drug-likeness (QED) is 0.764. The fourth-order valence-corrected chi connectivity index (χ4v) is 2.25. The van der Waals surface area contributed by atoms with Gasteiger partial charge in [-0.25, -0.2) is 9.18 Å². The van der Waals surface area contributed by atoms with Crippen LogP contribution in [0.1, 0.15) is 13.3 Å². The molecule has 0 saturated carbocycles. The molecular weight excluding hydrogens is 243 g/mol. The Morgan fingerprint density at radius 1 is 1.53 bits per heavy atom. The predicted octanol–water partition coefficient (Wildman–Crippen LogP) is 2.80. The third kappa shape index (κ3) is 4.75. The Kier molecular flexibility index (Phi) is 6.00. The number of carboxylic acids is 1. The van der Waals surface area contributed by atoms with Crippen LogP contribution in [0.3, 0.4) is 0 Å². The largest absolute Gasteiger partial charge is 0.479 e. The fraction of sp³-hybridized carbons (Fsp3) is 0.417. The molecule has 0 heterocycles. The molecule has 0 aromatic heterocycles. The minimum atomic E-state index is -0.971. The molecule has 1 atom stereocenters. The number of carboxylic acid groups (broad SMARTS) is 1. The molecule has 0 aliphatic heterocycles. The first kappa shape index (κ1) is 14.0. The zero-order chi connectivity index (χ0) is 12.7. The van der Waals surface area contributed by atoms with Gasteiger partial charge in [-0.05, 0) is 25.5 Å². The van der Waals surface area contributed by atoms with Crippen molar-refractivity contribution >= 4 is 17.7 Å². The van der Waals surface area contributed by atoms with Gasteiger partial charge in [0.05, 0.1) is 0 Å². The van der Waals surface area contributed by atoms with Gasteiger partial charge in [0.1, 0.15) is 5.82 Å². The first-order valence-electron chi connectivity index (χ1n) is 5.37. The highest BCUT2D eigenvalue weighted by Gasteiger charge is 2.17. The summed E-state index contributed by atoms with van der Waals surface area (Å²) in [5.41, 5.74) is 0. The Morgan fingerprint density at radius 3 is 2.82 bits per heavy atom. The summed E-state index contributed by atoms with van der Waals surface area (Å²) in [5, 5.41) is 8.85. The van der Waals surface area contributed by atoms with Crippen molar-refractivity contribution in [1.29, 1.82) is 0 Å². The van der Waals surface area contributed by atoms with Gasteiger partial charge in [-0.3, -0.25) is 0 Å². The maximum atomic E-state index is 13.3. The van der Waals surface area contributed by atoms with E-state index in [0.29, 0.717) is 23.7 Å². The number of hydrogen-bond donors (Lipinski definition) is 1. The van der Waals surface area contributed by atoms with Gasteiger partial charge in [0, 0.05) is 17.3 Å². The lowest BCUT2D eigenvalue weighted by atomic mass is 10.3. The van der Waals surface area contributed by atoms with Crippen LogP contribution in [0.5, 0.6) is 0 Å². The maximum absolute atomic E-state index is 13.3. The van der Waals surface area contributed by atoms with E-state index in [1.807, 2.05) is 0 Å². The van der Waals surface area contributed by atoms with E-state index >= 15 is 0 Å². The van der Waals surface area contributed by atoms with Crippen LogP contribution in [0.15, 0.2) is 29.2 Å². The Bertz CT molecular complexity index is 371. The SMILES string of the molecule is CCOC(CCSc1ccccc1F)C(=O)O. The standard InChI is InChI=1S/C12H15FO3S/c1-2-16-10(12(14)15)7-8-17-11-6-4-3-5-9(11)13/h3-6,10H,2,7-8H2,1H3,(H,14,15). The molecule has 0 spiro atoms. The van der Waals surface area contributed by atoms with E-state index in [-0.39, 0.29) is 5.82 Å². The van der Waals surface area contributed by atoms with E-state index in [9.17, 15) is 9.18 Å². The lowest BCUT2D eigenvalue weighted by Gasteiger charge is -2.11. The lowest BCUT2D eigenvalue weighted by Crippen LogP contribution is -2.24. The number of rotatable bonds is 7. The monoisotopic (exact) mass is 258 g/mol. The first-order chi connectivity index (χ1) is 8.15. The average molecular weight is 258 g/mol. The summed E-state index contributed by atoms with van der Waals surface area (Å²) >= 11 is 1.30. The van der Waals surface area contributed by atoms with E-state index in [1.165, 1.54) is 17.8 Å². The van der Waals surface area contributed by atoms with Crippen LogP contribution in [0.2, 0.25) is 0 Å². The van der Waals surface area contributed by atoms with Gasteiger partial charge in [-0.1, -0.05) is 12.1 Å². The van der Waals surface area contributed by atoms with Crippen LogP contribution in [0.4, 0.5) is 4.39 Å². The molecule has 1 aromatic rings. The Morgan fingerprint density at radius 2 is 2.24 bits per heavy atom. The summed E-state index contributed by atoms with van der Waals surface area (Å²) in [5.74, 6) is -0.737. The van der Waals surface area contributed by atoms with E-state index in [4.69, 9.17) is 9.84 Å². The van der Waals surface area contributed by atoms with E-state index < -0.39 is 12.1 Å². The number of carbonyl (C=O) groups is 1. The van der Waals surface area contributed by atoms with Crippen molar-refractivity contribution in [2.45, 2.75) is 24.3 Å². The lowest BCUT2D eigenvalue weighted by molar-refractivity contribution is -0.150. The van der Waals surface area contributed by atoms with Crippen molar-refractivity contribution in [2.24, 2.45) is 0 Å². The van der Waals surface area contributed by atoms with Crippen molar-refractivity contribution in [3.8, 4) is 0 Å². The van der Waals surface area contributed by atoms with Crippen molar-refractivity contribution in [3.63, 3.8) is 0 Å². The summed E-state index contributed by atoms with van der Waals surface area (Å²) < 4.78 is 18.3. The van der Waals surface area contributed by atoms with Gasteiger partial charge in [-0.15, -0.1) is 11.8 Å².